The number of aromatic nitrogens is 2. The molecule has 0 aliphatic heterocycles. The van der Waals surface area contributed by atoms with Gasteiger partial charge in [0.1, 0.15) is 0 Å². The number of aromatic carboxylic acids is 1. The topological polar surface area (TPSA) is 92.0 Å². The van der Waals surface area contributed by atoms with Crippen LogP contribution in [0.3, 0.4) is 0 Å². The number of hydrogen-bond acceptors (Lipinski definition) is 4. The summed E-state index contributed by atoms with van der Waals surface area (Å²) in [5.41, 5.74) is 6.86. The minimum absolute atomic E-state index is 0.0133. The molecule has 1 heterocycles. The summed E-state index contributed by atoms with van der Waals surface area (Å²) in [6.07, 6.45) is 1.98. The van der Waals surface area contributed by atoms with Crippen LogP contribution in [-0.4, -0.2) is 27.5 Å². The first-order valence-electron chi connectivity index (χ1n) is 4.85. The Bertz CT molecular complexity index is 548. The highest BCUT2D eigenvalue weighted by Gasteiger charge is 2.18. The first-order valence-corrected chi connectivity index (χ1v) is 6.07. The third-order valence-electron chi connectivity index (χ3n) is 2.39. The van der Waals surface area contributed by atoms with Crippen LogP contribution >= 0.6 is 11.8 Å². The number of benzene rings is 1. The number of nitrogen functional groups attached to an aromatic ring is 1. The lowest BCUT2D eigenvalue weighted by Crippen LogP contribution is -1.99. The highest BCUT2D eigenvalue weighted by atomic mass is 32.2. The lowest BCUT2D eigenvalue weighted by atomic mass is 10.1. The Kier molecular flexibility index (Phi) is 3.06. The van der Waals surface area contributed by atoms with E-state index in [1.54, 1.807) is 11.8 Å². The minimum Gasteiger partial charge on any atom is -0.477 e. The van der Waals surface area contributed by atoms with Crippen LogP contribution in [0, 0.1) is 0 Å². The van der Waals surface area contributed by atoms with Crippen LogP contribution in [0.5, 0.6) is 0 Å². The van der Waals surface area contributed by atoms with Crippen molar-refractivity contribution in [1.82, 2.24) is 10.2 Å². The fourth-order valence-electron chi connectivity index (χ4n) is 1.56. The predicted molar refractivity (Wildman–Crippen MR) is 67.2 cm³/mol. The van der Waals surface area contributed by atoms with Gasteiger partial charge in [-0.25, -0.2) is 4.79 Å². The van der Waals surface area contributed by atoms with Crippen molar-refractivity contribution in [2.24, 2.45) is 0 Å². The SMILES string of the molecule is CSc1ccc(-c2c(N)n[nH]c2C(=O)O)cc1. The van der Waals surface area contributed by atoms with Crippen LogP contribution in [0.4, 0.5) is 5.82 Å². The minimum atomic E-state index is -1.07. The second kappa shape index (κ2) is 4.50. The lowest BCUT2D eigenvalue weighted by Gasteiger charge is -2.02. The third-order valence-corrected chi connectivity index (χ3v) is 3.13. The Hall–Kier alpha value is -1.95. The smallest absolute Gasteiger partial charge is 0.354 e. The number of aromatic amines is 1. The molecule has 0 amide bonds. The zero-order valence-corrected chi connectivity index (χ0v) is 9.91. The van der Waals surface area contributed by atoms with E-state index in [0.717, 1.165) is 10.5 Å². The van der Waals surface area contributed by atoms with Gasteiger partial charge < -0.3 is 10.8 Å². The van der Waals surface area contributed by atoms with Crippen LogP contribution in [0.2, 0.25) is 0 Å². The summed E-state index contributed by atoms with van der Waals surface area (Å²) in [7, 11) is 0. The number of H-pyrrole nitrogens is 1. The van der Waals surface area contributed by atoms with Crippen LogP contribution in [0.25, 0.3) is 11.1 Å². The molecule has 0 radical (unpaired) electrons. The Labute approximate surface area is 102 Å². The van der Waals surface area contributed by atoms with Crippen LogP contribution in [0.1, 0.15) is 10.5 Å². The summed E-state index contributed by atoms with van der Waals surface area (Å²) < 4.78 is 0. The standard InChI is InChI=1S/C11H11N3O2S/c1-17-7-4-2-6(3-5-7)8-9(11(15)16)13-14-10(8)12/h2-5H,1H3,(H,15,16)(H3,12,13,14). The molecule has 2 rings (SSSR count). The molecule has 0 aliphatic rings. The first kappa shape index (κ1) is 11.5. The molecule has 0 atom stereocenters. The highest BCUT2D eigenvalue weighted by molar-refractivity contribution is 7.98. The number of thioether (sulfide) groups is 1. The normalized spacial score (nSPS) is 10.4. The van der Waals surface area contributed by atoms with Gasteiger partial charge in [-0.2, -0.15) is 5.10 Å². The van der Waals surface area contributed by atoms with E-state index in [9.17, 15) is 4.79 Å². The van der Waals surface area contributed by atoms with Crippen molar-refractivity contribution >= 4 is 23.5 Å². The molecule has 2 aromatic rings. The summed E-state index contributed by atoms with van der Waals surface area (Å²) in [5.74, 6) is -0.877. The van der Waals surface area contributed by atoms with Gasteiger partial charge in [-0.1, -0.05) is 12.1 Å². The second-order valence-corrected chi connectivity index (χ2v) is 4.27. The molecular weight excluding hydrogens is 238 g/mol. The molecule has 1 aromatic heterocycles. The highest BCUT2D eigenvalue weighted by Crippen LogP contribution is 2.29. The monoisotopic (exact) mass is 249 g/mol. The van der Waals surface area contributed by atoms with E-state index in [1.807, 2.05) is 30.5 Å². The van der Waals surface area contributed by atoms with Gasteiger partial charge in [-0.15, -0.1) is 11.8 Å². The number of carboxylic acids is 1. The number of anilines is 1. The number of hydrogen-bond donors (Lipinski definition) is 3. The van der Waals surface area contributed by atoms with E-state index >= 15 is 0 Å². The van der Waals surface area contributed by atoms with E-state index in [0.29, 0.717) is 5.56 Å². The average molecular weight is 249 g/mol. The van der Waals surface area contributed by atoms with Gasteiger partial charge in [-0.3, -0.25) is 5.10 Å². The van der Waals surface area contributed by atoms with Gasteiger partial charge >= 0.3 is 5.97 Å². The van der Waals surface area contributed by atoms with E-state index in [-0.39, 0.29) is 11.5 Å². The van der Waals surface area contributed by atoms with E-state index in [2.05, 4.69) is 10.2 Å². The molecule has 5 nitrogen and oxygen atoms in total. The maximum atomic E-state index is 11.0. The lowest BCUT2D eigenvalue weighted by molar-refractivity contribution is 0.0691. The van der Waals surface area contributed by atoms with Crippen molar-refractivity contribution < 1.29 is 9.90 Å². The van der Waals surface area contributed by atoms with Gasteiger partial charge in [-0.05, 0) is 24.0 Å². The number of nitrogens with two attached hydrogens (primary N) is 1. The molecule has 1 aromatic carbocycles. The molecule has 0 aliphatic carbocycles. The number of carbonyl (C=O) groups is 1. The Morgan fingerprint density at radius 1 is 1.41 bits per heavy atom. The van der Waals surface area contributed by atoms with Crippen LogP contribution in [0.15, 0.2) is 29.2 Å². The summed E-state index contributed by atoms with van der Waals surface area (Å²) in [5, 5.41) is 15.2. The average Bonchev–Trinajstić information content (AvgIpc) is 2.71. The molecule has 0 unspecified atom stereocenters. The summed E-state index contributed by atoms with van der Waals surface area (Å²) in [6.45, 7) is 0. The molecule has 6 heteroatoms. The number of nitrogens with zero attached hydrogens (tertiary/aromatic N) is 1. The third kappa shape index (κ3) is 2.12. The second-order valence-electron chi connectivity index (χ2n) is 3.39. The maximum absolute atomic E-state index is 11.0. The maximum Gasteiger partial charge on any atom is 0.354 e. The van der Waals surface area contributed by atoms with Gasteiger partial charge in [0.25, 0.3) is 0 Å². The molecule has 88 valence electrons. The van der Waals surface area contributed by atoms with E-state index in [4.69, 9.17) is 10.8 Å². The Morgan fingerprint density at radius 3 is 2.59 bits per heavy atom. The van der Waals surface area contributed by atoms with Crippen molar-refractivity contribution in [3.8, 4) is 11.1 Å². The largest absolute Gasteiger partial charge is 0.477 e. The van der Waals surface area contributed by atoms with Crippen molar-refractivity contribution in [1.29, 1.82) is 0 Å². The van der Waals surface area contributed by atoms with Crippen molar-refractivity contribution in [2.45, 2.75) is 4.90 Å². The summed E-state index contributed by atoms with van der Waals surface area (Å²) >= 11 is 1.62. The van der Waals surface area contributed by atoms with Crippen molar-refractivity contribution in [3.05, 3.63) is 30.0 Å². The van der Waals surface area contributed by atoms with E-state index in [1.165, 1.54) is 0 Å². The summed E-state index contributed by atoms with van der Waals surface area (Å²) in [6, 6.07) is 7.50. The number of nitrogens with one attached hydrogen (secondary N) is 1. The quantitative estimate of drug-likeness (QED) is 0.724. The van der Waals surface area contributed by atoms with E-state index < -0.39 is 5.97 Å². The number of rotatable bonds is 3. The Morgan fingerprint density at radius 2 is 2.06 bits per heavy atom. The molecule has 0 saturated heterocycles. The molecule has 17 heavy (non-hydrogen) atoms. The molecule has 0 saturated carbocycles. The van der Waals surface area contributed by atoms with Gasteiger partial charge in [0.05, 0.1) is 5.56 Å². The Balaban J connectivity index is 2.51. The first-order chi connectivity index (χ1) is 8.13. The van der Waals surface area contributed by atoms with Gasteiger partial charge in [0.15, 0.2) is 11.5 Å². The van der Waals surface area contributed by atoms with Crippen LogP contribution < -0.4 is 5.73 Å². The van der Waals surface area contributed by atoms with Gasteiger partial charge in [0, 0.05) is 4.90 Å². The van der Waals surface area contributed by atoms with Crippen molar-refractivity contribution in [3.63, 3.8) is 0 Å². The molecule has 4 N–H and O–H groups in total. The fourth-order valence-corrected chi connectivity index (χ4v) is 1.97. The zero-order valence-electron chi connectivity index (χ0n) is 9.10. The molecule has 0 bridgehead atoms. The molecular formula is C11H11N3O2S. The fraction of sp³-hybridized carbons (Fsp3) is 0.0909. The van der Waals surface area contributed by atoms with Crippen molar-refractivity contribution in [2.75, 3.05) is 12.0 Å². The van der Waals surface area contributed by atoms with Crippen LogP contribution in [-0.2, 0) is 0 Å². The molecule has 0 fully saturated rings. The predicted octanol–water partition coefficient (Wildman–Crippen LogP) is 2.08. The van der Waals surface area contributed by atoms with Gasteiger partial charge in [0.2, 0.25) is 0 Å². The zero-order chi connectivity index (χ0) is 12.4. The molecule has 0 spiro atoms. The summed E-state index contributed by atoms with van der Waals surface area (Å²) in [4.78, 5) is 12.1. The number of carboxylic acid groups (broad SMARTS) is 1.